The number of hydrogen-bond acceptors (Lipinski definition) is 4. The molecule has 5 nitrogen and oxygen atoms in total. The molecule has 1 fully saturated rings. The van der Waals surface area contributed by atoms with Crippen molar-refractivity contribution >= 4 is 34.8 Å². The summed E-state index contributed by atoms with van der Waals surface area (Å²) in [6, 6.07) is 8.82. The van der Waals surface area contributed by atoms with Crippen LogP contribution in [-0.4, -0.2) is 41.6 Å². The maximum atomic E-state index is 12.8. The van der Waals surface area contributed by atoms with Gasteiger partial charge in [-0.25, -0.2) is 4.79 Å². The molecule has 26 heavy (non-hydrogen) atoms. The van der Waals surface area contributed by atoms with Crippen molar-refractivity contribution in [1.82, 2.24) is 4.90 Å². The number of thiophene rings is 1. The monoisotopic (exact) mass is 391 g/mol. The minimum absolute atomic E-state index is 0.0713. The summed E-state index contributed by atoms with van der Waals surface area (Å²) >= 11 is 7.49. The summed E-state index contributed by atoms with van der Waals surface area (Å²) in [5.41, 5.74) is 1.03. The molecule has 3 heterocycles. The standard InChI is InChI=1S/C19H18ClNO4S/c20-14-4-2-1-3-12(14)17(22)21-8-6-19(7-9-21)13-11-16(18(23)24)26-15(13)5-10-25-19/h1-4,11H,5-10H2,(H,23,24). The molecule has 1 amide bonds. The topological polar surface area (TPSA) is 66.8 Å². The van der Waals surface area contributed by atoms with Gasteiger partial charge in [0.25, 0.3) is 5.91 Å². The quantitative estimate of drug-likeness (QED) is 0.845. The highest BCUT2D eigenvalue weighted by Crippen LogP contribution is 2.44. The number of carbonyl (C=O) groups excluding carboxylic acids is 1. The number of aromatic carboxylic acids is 1. The molecule has 1 N–H and O–H groups in total. The smallest absolute Gasteiger partial charge is 0.345 e. The van der Waals surface area contributed by atoms with E-state index in [9.17, 15) is 14.7 Å². The molecule has 4 rings (SSSR count). The van der Waals surface area contributed by atoms with Crippen molar-refractivity contribution in [2.45, 2.75) is 24.9 Å². The Balaban J connectivity index is 1.55. The van der Waals surface area contributed by atoms with Crippen LogP contribution in [0.5, 0.6) is 0 Å². The highest BCUT2D eigenvalue weighted by atomic mass is 35.5. The number of rotatable bonds is 2. The van der Waals surface area contributed by atoms with E-state index in [1.165, 1.54) is 11.3 Å². The zero-order valence-electron chi connectivity index (χ0n) is 14.0. The summed E-state index contributed by atoms with van der Waals surface area (Å²) in [6.07, 6.45) is 2.06. The third-order valence-corrected chi connectivity index (χ3v) is 6.69. The van der Waals surface area contributed by atoms with Crippen molar-refractivity contribution in [2.24, 2.45) is 0 Å². The van der Waals surface area contributed by atoms with Crippen LogP contribution in [0, 0.1) is 0 Å². The summed E-state index contributed by atoms with van der Waals surface area (Å²) in [7, 11) is 0. The van der Waals surface area contributed by atoms with Crippen LogP contribution in [-0.2, 0) is 16.8 Å². The van der Waals surface area contributed by atoms with E-state index in [1.54, 1.807) is 35.2 Å². The van der Waals surface area contributed by atoms with Crippen LogP contribution in [0.4, 0.5) is 0 Å². The largest absolute Gasteiger partial charge is 0.477 e. The Morgan fingerprint density at radius 2 is 1.96 bits per heavy atom. The normalized spacial score (nSPS) is 18.6. The van der Waals surface area contributed by atoms with Gasteiger partial charge in [-0.05, 0) is 36.6 Å². The highest BCUT2D eigenvalue weighted by molar-refractivity contribution is 7.14. The van der Waals surface area contributed by atoms with Crippen LogP contribution >= 0.6 is 22.9 Å². The SMILES string of the molecule is O=C(O)c1cc2c(s1)CCOC21CCN(C(=O)c2ccccc2Cl)CC1. The number of hydrogen-bond donors (Lipinski definition) is 1. The van der Waals surface area contributed by atoms with Crippen molar-refractivity contribution in [3.8, 4) is 0 Å². The second-order valence-corrected chi connectivity index (χ2v) is 8.16. The highest BCUT2D eigenvalue weighted by Gasteiger charge is 2.43. The fourth-order valence-corrected chi connectivity index (χ4v) is 5.10. The molecule has 0 unspecified atom stereocenters. The molecule has 0 radical (unpaired) electrons. The maximum Gasteiger partial charge on any atom is 0.345 e. The van der Waals surface area contributed by atoms with Gasteiger partial charge in [-0.1, -0.05) is 23.7 Å². The van der Waals surface area contributed by atoms with E-state index in [0.717, 1.165) is 16.9 Å². The van der Waals surface area contributed by atoms with Crippen molar-refractivity contribution < 1.29 is 19.4 Å². The van der Waals surface area contributed by atoms with E-state index in [-0.39, 0.29) is 5.91 Å². The van der Waals surface area contributed by atoms with E-state index in [1.807, 2.05) is 0 Å². The third kappa shape index (κ3) is 2.92. The lowest BCUT2D eigenvalue weighted by Crippen LogP contribution is -2.48. The number of halogens is 1. The Morgan fingerprint density at radius 3 is 2.65 bits per heavy atom. The van der Waals surface area contributed by atoms with Crippen LogP contribution in [0.15, 0.2) is 30.3 Å². The van der Waals surface area contributed by atoms with Crippen LogP contribution < -0.4 is 0 Å². The van der Waals surface area contributed by atoms with Crippen LogP contribution in [0.3, 0.4) is 0 Å². The molecule has 7 heteroatoms. The van der Waals surface area contributed by atoms with Gasteiger partial charge in [-0.15, -0.1) is 11.3 Å². The molecule has 1 aromatic heterocycles. The van der Waals surface area contributed by atoms with Gasteiger partial charge in [-0.3, -0.25) is 4.79 Å². The summed E-state index contributed by atoms with van der Waals surface area (Å²) in [5, 5.41) is 9.75. The fourth-order valence-electron chi connectivity index (χ4n) is 3.81. The maximum absolute atomic E-state index is 12.8. The Kier molecular flexibility index (Phi) is 4.50. The first kappa shape index (κ1) is 17.5. The molecule has 0 atom stereocenters. The van der Waals surface area contributed by atoms with Gasteiger partial charge in [0, 0.05) is 24.4 Å². The number of carboxylic acids is 1. The van der Waals surface area contributed by atoms with E-state index >= 15 is 0 Å². The van der Waals surface area contributed by atoms with Gasteiger partial charge in [-0.2, -0.15) is 0 Å². The van der Waals surface area contributed by atoms with E-state index in [4.69, 9.17) is 16.3 Å². The second kappa shape index (κ2) is 6.68. The number of carboxylic acid groups (broad SMARTS) is 1. The van der Waals surface area contributed by atoms with Gasteiger partial charge in [0.2, 0.25) is 0 Å². The first-order chi connectivity index (χ1) is 12.5. The van der Waals surface area contributed by atoms with Crippen molar-refractivity contribution in [3.05, 3.63) is 56.2 Å². The number of ether oxygens (including phenoxy) is 1. The summed E-state index contributed by atoms with van der Waals surface area (Å²) in [6.45, 7) is 1.70. The summed E-state index contributed by atoms with van der Waals surface area (Å²) < 4.78 is 6.13. The lowest BCUT2D eigenvalue weighted by molar-refractivity contribution is -0.0926. The molecule has 0 bridgehead atoms. The Bertz CT molecular complexity index is 870. The number of benzene rings is 1. The summed E-state index contributed by atoms with van der Waals surface area (Å²) in [5.74, 6) is -0.969. The average Bonchev–Trinajstić information content (AvgIpc) is 3.09. The first-order valence-corrected chi connectivity index (χ1v) is 9.74. The zero-order chi connectivity index (χ0) is 18.3. The number of piperidine rings is 1. The lowest BCUT2D eigenvalue weighted by Gasteiger charge is -2.44. The molecule has 0 aliphatic carbocycles. The van der Waals surface area contributed by atoms with Crippen molar-refractivity contribution in [3.63, 3.8) is 0 Å². The molecular weight excluding hydrogens is 374 g/mol. The molecule has 2 aliphatic heterocycles. The zero-order valence-corrected chi connectivity index (χ0v) is 15.6. The molecular formula is C19H18ClNO4S. The van der Waals surface area contributed by atoms with Gasteiger partial charge < -0.3 is 14.7 Å². The van der Waals surface area contributed by atoms with Crippen molar-refractivity contribution in [2.75, 3.05) is 19.7 Å². The number of likely N-dealkylation sites (tertiary alicyclic amines) is 1. The lowest BCUT2D eigenvalue weighted by atomic mass is 9.82. The average molecular weight is 392 g/mol. The van der Waals surface area contributed by atoms with Gasteiger partial charge in [0.05, 0.1) is 22.8 Å². The third-order valence-electron chi connectivity index (χ3n) is 5.18. The molecule has 2 aliphatic rings. The molecule has 1 saturated heterocycles. The van der Waals surface area contributed by atoms with Gasteiger partial charge in [0.15, 0.2) is 0 Å². The Hall–Kier alpha value is -1.89. The van der Waals surface area contributed by atoms with E-state index in [0.29, 0.717) is 48.0 Å². The minimum atomic E-state index is -0.897. The van der Waals surface area contributed by atoms with Crippen LogP contribution in [0.25, 0.3) is 0 Å². The first-order valence-electron chi connectivity index (χ1n) is 8.54. The van der Waals surface area contributed by atoms with Crippen LogP contribution in [0.2, 0.25) is 5.02 Å². The van der Waals surface area contributed by atoms with Gasteiger partial charge in [0.1, 0.15) is 4.88 Å². The fraction of sp³-hybridized carbons (Fsp3) is 0.368. The predicted octanol–water partition coefficient (Wildman–Crippen LogP) is 3.80. The molecule has 2 aromatic rings. The van der Waals surface area contributed by atoms with E-state index < -0.39 is 11.6 Å². The number of carbonyl (C=O) groups is 2. The minimum Gasteiger partial charge on any atom is -0.477 e. The van der Waals surface area contributed by atoms with Crippen molar-refractivity contribution in [1.29, 1.82) is 0 Å². The second-order valence-electron chi connectivity index (χ2n) is 6.62. The Morgan fingerprint density at radius 1 is 1.23 bits per heavy atom. The van der Waals surface area contributed by atoms with E-state index in [2.05, 4.69) is 0 Å². The molecule has 136 valence electrons. The number of nitrogens with zero attached hydrogens (tertiary/aromatic N) is 1. The molecule has 1 spiro atoms. The molecule has 1 aromatic carbocycles. The molecule has 0 saturated carbocycles. The number of fused-ring (bicyclic) bond motifs is 2. The van der Waals surface area contributed by atoms with Gasteiger partial charge >= 0.3 is 5.97 Å². The summed E-state index contributed by atoms with van der Waals surface area (Å²) in [4.78, 5) is 27.3. The number of amides is 1. The predicted molar refractivity (Wildman–Crippen MR) is 99.2 cm³/mol. The van der Waals surface area contributed by atoms with Crippen LogP contribution in [0.1, 0.15) is 43.3 Å². The Labute approximate surface area is 160 Å².